The maximum atomic E-state index is 13.6. The van der Waals surface area contributed by atoms with E-state index in [1.807, 2.05) is 11.8 Å². The Morgan fingerprint density at radius 3 is 2.48 bits per heavy atom. The molecule has 0 saturated carbocycles. The maximum absolute atomic E-state index is 13.6. The van der Waals surface area contributed by atoms with Crippen LogP contribution in [0, 0.1) is 24.0 Å². The molecule has 3 aromatic carbocycles. The van der Waals surface area contributed by atoms with Crippen LogP contribution < -0.4 is 14.6 Å². The Labute approximate surface area is 237 Å². The highest BCUT2D eigenvalue weighted by Crippen LogP contribution is 2.28. The SMILES string of the molecule is Cc1ccc(S(=O)(=O)N(CC(=O)N/N=C\c2cc([N+](=O)[O-])ccc2N2CCOCC2)c2ccc(C)c(Cl)c2)cc1. The van der Waals surface area contributed by atoms with Gasteiger partial charge in [-0.3, -0.25) is 19.2 Å². The number of ether oxygens (including phenoxy) is 1. The molecule has 0 aliphatic carbocycles. The molecule has 1 N–H and O–H groups in total. The number of hydrazone groups is 1. The molecule has 0 aromatic heterocycles. The first-order valence-corrected chi connectivity index (χ1v) is 14.2. The van der Waals surface area contributed by atoms with Crippen molar-refractivity contribution in [2.75, 3.05) is 42.1 Å². The van der Waals surface area contributed by atoms with Crippen molar-refractivity contribution in [1.82, 2.24) is 5.43 Å². The second kappa shape index (κ2) is 12.5. The van der Waals surface area contributed by atoms with Crippen LogP contribution in [0.2, 0.25) is 5.02 Å². The number of nitro groups is 1. The number of morpholine rings is 1. The predicted octanol–water partition coefficient (Wildman–Crippen LogP) is 4.05. The van der Waals surface area contributed by atoms with Crippen LogP contribution in [0.1, 0.15) is 16.7 Å². The third-order valence-electron chi connectivity index (χ3n) is 6.31. The van der Waals surface area contributed by atoms with Gasteiger partial charge in [0.1, 0.15) is 6.54 Å². The lowest BCUT2D eigenvalue weighted by molar-refractivity contribution is -0.384. The third-order valence-corrected chi connectivity index (χ3v) is 8.50. The second-order valence-corrected chi connectivity index (χ2v) is 11.4. The number of hydrogen-bond donors (Lipinski definition) is 1. The van der Waals surface area contributed by atoms with Crippen LogP contribution in [-0.2, 0) is 19.6 Å². The number of sulfonamides is 1. The molecule has 0 unspecified atom stereocenters. The first-order valence-electron chi connectivity index (χ1n) is 12.3. The molecule has 0 bridgehead atoms. The van der Waals surface area contributed by atoms with Crippen molar-refractivity contribution in [1.29, 1.82) is 0 Å². The zero-order chi connectivity index (χ0) is 28.9. The standard InChI is InChI=1S/C27H28ClN5O6S/c1-19-3-8-24(9-4-19)40(37,38)32(22-6-5-20(2)25(28)16-22)18-27(34)30-29-17-21-15-23(33(35)36)7-10-26(21)31-11-13-39-14-12-31/h3-10,15-17H,11-14,18H2,1-2H3,(H,30,34)/b29-17-. The lowest BCUT2D eigenvalue weighted by Gasteiger charge is -2.29. The van der Waals surface area contributed by atoms with Crippen molar-refractivity contribution in [3.63, 3.8) is 0 Å². The van der Waals surface area contributed by atoms with Gasteiger partial charge in [0.2, 0.25) is 0 Å². The largest absolute Gasteiger partial charge is 0.378 e. The summed E-state index contributed by atoms with van der Waals surface area (Å²) in [4.78, 5) is 25.8. The first-order chi connectivity index (χ1) is 19.1. The van der Waals surface area contributed by atoms with Gasteiger partial charge >= 0.3 is 0 Å². The molecule has 13 heteroatoms. The number of nitrogens with zero attached hydrogens (tertiary/aromatic N) is 4. The molecule has 1 aliphatic heterocycles. The molecule has 11 nitrogen and oxygen atoms in total. The Morgan fingerprint density at radius 2 is 1.82 bits per heavy atom. The highest BCUT2D eigenvalue weighted by atomic mass is 35.5. The molecule has 1 heterocycles. The predicted molar refractivity (Wildman–Crippen MR) is 154 cm³/mol. The van der Waals surface area contributed by atoms with E-state index in [0.717, 1.165) is 15.4 Å². The summed E-state index contributed by atoms with van der Waals surface area (Å²) >= 11 is 6.27. The minimum Gasteiger partial charge on any atom is -0.378 e. The van der Waals surface area contributed by atoms with Crippen molar-refractivity contribution >= 4 is 50.8 Å². The van der Waals surface area contributed by atoms with Gasteiger partial charge in [0.15, 0.2) is 0 Å². The highest BCUT2D eigenvalue weighted by molar-refractivity contribution is 7.92. The number of nitrogens with one attached hydrogen (secondary N) is 1. The van der Waals surface area contributed by atoms with E-state index in [4.69, 9.17) is 16.3 Å². The minimum absolute atomic E-state index is 0.0119. The Balaban J connectivity index is 1.59. The van der Waals surface area contributed by atoms with Gasteiger partial charge in [-0.15, -0.1) is 0 Å². The monoisotopic (exact) mass is 585 g/mol. The fourth-order valence-electron chi connectivity index (χ4n) is 4.08. The normalized spacial score (nSPS) is 13.8. The van der Waals surface area contributed by atoms with E-state index >= 15 is 0 Å². The summed E-state index contributed by atoms with van der Waals surface area (Å²) in [5, 5.41) is 15.7. The summed E-state index contributed by atoms with van der Waals surface area (Å²) < 4.78 is 33.5. The van der Waals surface area contributed by atoms with Crippen LogP contribution in [0.5, 0.6) is 0 Å². The molecule has 4 rings (SSSR count). The molecule has 0 radical (unpaired) electrons. The molecule has 210 valence electrons. The number of hydrogen-bond acceptors (Lipinski definition) is 8. The van der Waals surface area contributed by atoms with Crippen LogP contribution in [-0.4, -0.2) is 58.3 Å². The van der Waals surface area contributed by atoms with Crippen molar-refractivity contribution < 1.29 is 22.9 Å². The van der Waals surface area contributed by atoms with Crippen LogP contribution in [0.3, 0.4) is 0 Å². The Bertz CT molecular complexity index is 1540. The smallest absolute Gasteiger partial charge is 0.270 e. The number of rotatable bonds is 9. The van der Waals surface area contributed by atoms with Gasteiger partial charge in [0, 0.05) is 41.5 Å². The van der Waals surface area contributed by atoms with E-state index in [1.54, 1.807) is 37.3 Å². The van der Waals surface area contributed by atoms with Crippen LogP contribution in [0.25, 0.3) is 0 Å². The fourth-order valence-corrected chi connectivity index (χ4v) is 5.67. The number of nitro benzene ring substituents is 1. The maximum Gasteiger partial charge on any atom is 0.270 e. The zero-order valence-corrected chi connectivity index (χ0v) is 23.5. The van der Waals surface area contributed by atoms with E-state index in [1.165, 1.54) is 36.5 Å². The topological polar surface area (TPSA) is 134 Å². The van der Waals surface area contributed by atoms with Crippen LogP contribution in [0.4, 0.5) is 17.1 Å². The van der Waals surface area contributed by atoms with Gasteiger partial charge in [-0.1, -0.05) is 35.4 Å². The number of aryl methyl sites for hydroxylation is 2. The fraction of sp³-hybridized carbons (Fsp3) is 0.259. The minimum atomic E-state index is -4.14. The van der Waals surface area contributed by atoms with E-state index in [0.29, 0.717) is 42.6 Å². The number of carbonyl (C=O) groups excluding carboxylic acids is 1. The summed E-state index contributed by atoms with van der Waals surface area (Å²) in [5.41, 5.74) is 5.18. The van der Waals surface area contributed by atoms with Crippen molar-refractivity contribution in [2.24, 2.45) is 5.10 Å². The number of non-ortho nitro benzene ring substituents is 1. The summed E-state index contributed by atoms with van der Waals surface area (Å²) in [6.45, 7) is 5.25. The third kappa shape index (κ3) is 6.76. The van der Waals surface area contributed by atoms with Gasteiger partial charge < -0.3 is 9.64 Å². The molecule has 3 aromatic rings. The quantitative estimate of drug-likeness (QED) is 0.227. The van der Waals surface area contributed by atoms with Gasteiger partial charge in [0.25, 0.3) is 21.6 Å². The summed E-state index contributed by atoms with van der Waals surface area (Å²) in [6.07, 6.45) is 1.30. The van der Waals surface area contributed by atoms with E-state index in [2.05, 4.69) is 10.5 Å². The van der Waals surface area contributed by atoms with Crippen molar-refractivity contribution in [3.8, 4) is 0 Å². The van der Waals surface area contributed by atoms with Crippen LogP contribution in [0.15, 0.2) is 70.7 Å². The van der Waals surface area contributed by atoms with Crippen molar-refractivity contribution in [2.45, 2.75) is 18.7 Å². The van der Waals surface area contributed by atoms with E-state index in [-0.39, 0.29) is 16.3 Å². The van der Waals surface area contributed by atoms with Gasteiger partial charge in [0.05, 0.1) is 34.9 Å². The first kappa shape index (κ1) is 29.0. The van der Waals surface area contributed by atoms with Gasteiger partial charge in [-0.05, 0) is 49.7 Å². The number of carbonyl (C=O) groups is 1. The number of anilines is 2. The Morgan fingerprint density at radius 1 is 1.12 bits per heavy atom. The van der Waals surface area contributed by atoms with E-state index in [9.17, 15) is 23.3 Å². The van der Waals surface area contributed by atoms with Gasteiger partial charge in [-0.25, -0.2) is 13.8 Å². The lowest BCUT2D eigenvalue weighted by Crippen LogP contribution is -2.39. The van der Waals surface area contributed by atoms with E-state index < -0.39 is 27.4 Å². The Hall–Kier alpha value is -4.00. The summed E-state index contributed by atoms with van der Waals surface area (Å²) in [7, 11) is -4.14. The average molecular weight is 586 g/mol. The number of amides is 1. The number of benzene rings is 3. The molecule has 1 aliphatic rings. The van der Waals surface area contributed by atoms with Gasteiger partial charge in [-0.2, -0.15) is 5.10 Å². The molecule has 1 fully saturated rings. The molecular formula is C27H28ClN5O6S. The molecule has 40 heavy (non-hydrogen) atoms. The summed E-state index contributed by atoms with van der Waals surface area (Å²) in [6, 6.07) is 15.4. The molecule has 0 spiro atoms. The molecule has 1 saturated heterocycles. The summed E-state index contributed by atoms with van der Waals surface area (Å²) in [5.74, 6) is -0.720. The average Bonchev–Trinajstić information content (AvgIpc) is 2.94. The lowest BCUT2D eigenvalue weighted by atomic mass is 10.1. The molecule has 0 atom stereocenters. The van der Waals surface area contributed by atoms with Crippen LogP contribution >= 0.6 is 11.6 Å². The second-order valence-electron chi connectivity index (χ2n) is 9.15. The zero-order valence-electron chi connectivity index (χ0n) is 21.9. The molecule has 1 amide bonds. The number of halogens is 1. The van der Waals surface area contributed by atoms with Crippen molar-refractivity contribution in [3.05, 3.63) is 92.5 Å². The Kier molecular flexibility index (Phi) is 9.03. The molecular weight excluding hydrogens is 558 g/mol. The highest BCUT2D eigenvalue weighted by Gasteiger charge is 2.27.